The molecule has 0 amide bonds. The lowest BCUT2D eigenvalue weighted by Gasteiger charge is -2.12. The van der Waals surface area contributed by atoms with E-state index in [0.29, 0.717) is 37.9 Å². The normalized spacial score (nSPS) is 10.4. The van der Waals surface area contributed by atoms with Crippen LogP contribution in [0.25, 0.3) is 0 Å². The van der Waals surface area contributed by atoms with Gasteiger partial charge in [0.2, 0.25) is 0 Å². The Labute approximate surface area is 136 Å². The second kappa shape index (κ2) is 6.85. The molecule has 1 aromatic carbocycles. The average Bonchev–Trinajstić information content (AvgIpc) is 2.79. The Kier molecular flexibility index (Phi) is 5.10. The number of nitrogens with zero attached hydrogens (tertiary/aromatic N) is 1. The molecule has 0 spiro atoms. The maximum Gasteiger partial charge on any atom is 0.308 e. The number of hydrogen-bond acceptors (Lipinski definition) is 6. The molecule has 0 fully saturated rings. The number of aliphatic carboxylic acids is 1. The van der Waals surface area contributed by atoms with Crippen molar-refractivity contribution in [2.75, 3.05) is 19.5 Å². The molecule has 1 aromatic heterocycles. The van der Waals surface area contributed by atoms with E-state index in [1.165, 1.54) is 25.6 Å². The Balaban J connectivity index is 2.32. The molecule has 0 unspecified atom stereocenters. The number of halogens is 1. The number of benzene rings is 1. The van der Waals surface area contributed by atoms with Gasteiger partial charge >= 0.3 is 5.97 Å². The molecule has 0 saturated carbocycles. The number of methoxy groups -OCH3 is 2. The van der Waals surface area contributed by atoms with Crippen molar-refractivity contribution in [1.82, 2.24) is 4.98 Å². The van der Waals surface area contributed by atoms with E-state index in [-0.39, 0.29) is 6.42 Å². The van der Waals surface area contributed by atoms with Gasteiger partial charge in [-0.2, -0.15) is 0 Å². The Hall–Kier alpha value is -1.99. The quantitative estimate of drug-likeness (QED) is 0.836. The van der Waals surface area contributed by atoms with Crippen molar-refractivity contribution in [3.63, 3.8) is 0 Å². The molecule has 0 aliphatic heterocycles. The van der Waals surface area contributed by atoms with E-state index in [4.69, 9.17) is 26.2 Å². The van der Waals surface area contributed by atoms with E-state index in [9.17, 15) is 4.79 Å². The number of hydrogen-bond donors (Lipinski definition) is 2. The lowest BCUT2D eigenvalue weighted by molar-refractivity contribution is -0.136. The number of carboxylic acid groups (broad SMARTS) is 1. The first-order valence-electron chi connectivity index (χ1n) is 6.31. The van der Waals surface area contributed by atoms with Gasteiger partial charge in [-0.05, 0) is 6.92 Å². The average molecular weight is 343 g/mol. The van der Waals surface area contributed by atoms with Crippen LogP contribution in [-0.4, -0.2) is 30.3 Å². The highest BCUT2D eigenvalue weighted by Crippen LogP contribution is 2.38. The predicted molar refractivity (Wildman–Crippen MR) is 86.0 cm³/mol. The maximum absolute atomic E-state index is 10.8. The van der Waals surface area contributed by atoms with Crippen molar-refractivity contribution in [3.8, 4) is 11.5 Å². The van der Waals surface area contributed by atoms with Crippen molar-refractivity contribution < 1.29 is 19.4 Å². The number of anilines is 2. The summed E-state index contributed by atoms with van der Waals surface area (Å²) in [5.41, 5.74) is 1.33. The number of nitrogens with one attached hydrogen (secondary N) is 1. The zero-order valence-corrected chi connectivity index (χ0v) is 13.8. The third-order valence-electron chi connectivity index (χ3n) is 2.92. The summed E-state index contributed by atoms with van der Waals surface area (Å²) in [6.45, 7) is 1.78. The van der Waals surface area contributed by atoms with Crippen molar-refractivity contribution >= 4 is 39.7 Å². The first-order valence-corrected chi connectivity index (χ1v) is 7.50. The smallest absolute Gasteiger partial charge is 0.308 e. The van der Waals surface area contributed by atoms with E-state index < -0.39 is 5.97 Å². The summed E-state index contributed by atoms with van der Waals surface area (Å²) >= 11 is 7.35. The zero-order valence-electron chi connectivity index (χ0n) is 12.3. The van der Waals surface area contributed by atoms with E-state index in [1.54, 1.807) is 19.1 Å². The minimum Gasteiger partial charge on any atom is -0.495 e. The summed E-state index contributed by atoms with van der Waals surface area (Å²) in [4.78, 5) is 15.8. The van der Waals surface area contributed by atoms with Crippen LogP contribution in [-0.2, 0) is 11.2 Å². The van der Waals surface area contributed by atoms with Crippen LogP contribution < -0.4 is 14.8 Å². The molecule has 0 radical (unpaired) electrons. The van der Waals surface area contributed by atoms with E-state index in [2.05, 4.69) is 10.3 Å². The highest BCUT2D eigenvalue weighted by Gasteiger charge is 2.14. The van der Waals surface area contributed by atoms with Gasteiger partial charge in [-0.25, -0.2) is 4.98 Å². The largest absolute Gasteiger partial charge is 0.495 e. The van der Waals surface area contributed by atoms with Crippen LogP contribution in [0.2, 0.25) is 5.02 Å². The van der Waals surface area contributed by atoms with Gasteiger partial charge in [0.15, 0.2) is 5.13 Å². The summed E-state index contributed by atoms with van der Waals surface area (Å²) in [6.07, 6.45) is -0.0494. The number of carbonyl (C=O) groups is 1. The molecular weight excluding hydrogens is 328 g/mol. The fourth-order valence-corrected chi connectivity index (χ4v) is 3.05. The van der Waals surface area contributed by atoms with Gasteiger partial charge in [-0.15, -0.1) is 11.3 Å². The number of ether oxygens (including phenoxy) is 2. The third kappa shape index (κ3) is 3.61. The van der Waals surface area contributed by atoms with Crippen LogP contribution in [0.4, 0.5) is 10.8 Å². The Morgan fingerprint density at radius 2 is 2.05 bits per heavy atom. The van der Waals surface area contributed by atoms with Crippen LogP contribution in [0, 0.1) is 6.92 Å². The molecule has 0 aliphatic carbocycles. The fraction of sp³-hybridized carbons (Fsp3) is 0.286. The van der Waals surface area contributed by atoms with E-state index >= 15 is 0 Å². The fourth-order valence-electron chi connectivity index (χ4n) is 1.86. The molecule has 2 rings (SSSR count). The summed E-state index contributed by atoms with van der Waals surface area (Å²) in [6, 6.07) is 3.34. The van der Waals surface area contributed by atoms with Crippen LogP contribution in [0.1, 0.15) is 10.6 Å². The number of rotatable bonds is 6. The molecule has 22 heavy (non-hydrogen) atoms. The van der Waals surface area contributed by atoms with Gasteiger partial charge in [-0.3, -0.25) is 4.79 Å². The molecular formula is C14H15ClN2O4S. The number of thiazole rings is 1. The number of aromatic nitrogens is 1. The monoisotopic (exact) mass is 342 g/mol. The van der Waals surface area contributed by atoms with Crippen LogP contribution in [0.5, 0.6) is 11.5 Å². The SMILES string of the molecule is COc1cc(Nc2nc(C)c(CC(=O)O)s2)c(OC)cc1Cl. The molecule has 1 heterocycles. The zero-order chi connectivity index (χ0) is 16.3. The molecule has 6 nitrogen and oxygen atoms in total. The number of aryl methyl sites for hydroxylation is 1. The lowest BCUT2D eigenvalue weighted by atomic mass is 10.2. The van der Waals surface area contributed by atoms with Crippen LogP contribution in [0.3, 0.4) is 0 Å². The molecule has 0 bridgehead atoms. The first-order chi connectivity index (χ1) is 10.4. The third-order valence-corrected chi connectivity index (χ3v) is 4.29. The topological polar surface area (TPSA) is 80.7 Å². The van der Waals surface area contributed by atoms with Crippen molar-refractivity contribution in [1.29, 1.82) is 0 Å². The molecule has 2 aromatic rings. The van der Waals surface area contributed by atoms with E-state index in [1.807, 2.05) is 0 Å². The molecule has 0 atom stereocenters. The summed E-state index contributed by atoms with van der Waals surface area (Å²) in [7, 11) is 3.06. The van der Waals surface area contributed by atoms with Crippen molar-refractivity contribution in [2.24, 2.45) is 0 Å². The van der Waals surface area contributed by atoms with Gasteiger partial charge in [0.1, 0.15) is 11.5 Å². The van der Waals surface area contributed by atoms with Gasteiger partial charge in [0.05, 0.1) is 37.0 Å². The Morgan fingerprint density at radius 3 is 2.64 bits per heavy atom. The highest BCUT2D eigenvalue weighted by molar-refractivity contribution is 7.15. The summed E-state index contributed by atoms with van der Waals surface area (Å²) in [5.74, 6) is 0.159. The first kappa shape index (κ1) is 16.4. The molecule has 0 saturated heterocycles. The molecule has 8 heteroatoms. The van der Waals surface area contributed by atoms with Crippen molar-refractivity contribution in [2.45, 2.75) is 13.3 Å². The highest BCUT2D eigenvalue weighted by atomic mass is 35.5. The van der Waals surface area contributed by atoms with Gasteiger partial charge in [-0.1, -0.05) is 11.6 Å². The second-order valence-electron chi connectivity index (χ2n) is 4.41. The summed E-state index contributed by atoms with van der Waals surface area (Å²) < 4.78 is 10.5. The maximum atomic E-state index is 10.8. The standard InChI is InChI=1S/C14H15ClN2O4S/c1-7-12(6-13(18)19)22-14(16-7)17-9-5-10(20-2)8(15)4-11(9)21-3/h4-5H,6H2,1-3H3,(H,16,17)(H,18,19). The minimum absolute atomic E-state index is 0.0494. The lowest BCUT2D eigenvalue weighted by Crippen LogP contribution is -1.99. The Bertz CT molecular complexity index is 702. The summed E-state index contributed by atoms with van der Waals surface area (Å²) in [5, 5.41) is 13.0. The predicted octanol–water partition coefficient (Wildman–Crippen LogP) is 3.49. The molecule has 2 N–H and O–H groups in total. The van der Waals surface area contributed by atoms with Crippen LogP contribution >= 0.6 is 22.9 Å². The second-order valence-corrected chi connectivity index (χ2v) is 5.90. The van der Waals surface area contributed by atoms with Gasteiger partial charge < -0.3 is 19.9 Å². The van der Waals surface area contributed by atoms with Gasteiger partial charge in [0, 0.05) is 17.0 Å². The molecule has 118 valence electrons. The Morgan fingerprint density at radius 1 is 1.36 bits per heavy atom. The van der Waals surface area contributed by atoms with E-state index in [0.717, 1.165) is 0 Å². The van der Waals surface area contributed by atoms with Crippen LogP contribution in [0.15, 0.2) is 12.1 Å². The van der Waals surface area contributed by atoms with Gasteiger partial charge in [0.25, 0.3) is 0 Å². The molecule has 0 aliphatic rings. The number of carboxylic acids is 1. The minimum atomic E-state index is -0.885. The van der Waals surface area contributed by atoms with Crippen molar-refractivity contribution in [3.05, 3.63) is 27.7 Å².